The van der Waals surface area contributed by atoms with Gasteiger partial charge in [0, 0.05) is 0 Å². The van der Waals surface area contributed by atoms with E-state index in [4.69, 9.17) is 4.74 Å². The van der Waals surface area contributed by atoms with Gasteiger partial charge in [0.1, 0.15) is 18.5 Å². The molecule has 22 heavy (non-hydrogen) atoms. The van der Waals surface area contributed by atoms with E-state index in [1.54, 1.807) is 6.33 Å². The molecule has 114 valence electrons. The molecule has 0 unspecified atom stereocenters. The van der Waals surface area contributed by atoms with E-state index in [2.05, 4.69) is 11.1 Å². The Kier molecular flexibility index (Phi) is 4.11. The minimum absolute atomic E-state index is 0.261. The van der Waals surface area contributed by atoms with Crippen molar-refractivity contribution < 1.29 is 9.84 Å². The Labute approximate surface area is 130 Å². The van der Waals surface area contributed by atoms with Gasteiger partial charge in [-0.15, -0.1) is 0 Å². The number of aliphatic hydroxyl groups excluding tert-OH is 1. The predicted molar refractivity (Wildman–Crippen MR) is 87.2 cm³/mol. The SMILES string of the molecule is Cc1ccc(C)c(OC[C@H](O)Cn2cnc3ccccc32)c1. The fourth-order valence-corrected chi connectivity index (χ4v) is 2.48. The lowest BCUT2D eigenvalue weighted by molar-refractivity contribution is 0.0931. The molecule has 0 saturated carbocycles. The molecule has 4 heteroatoms. The van der Waals surface area contributed by atoms with E-state index in [1.165, 1.54) is 0 Å². The molecule has 0 fully saturated rings. The van der Waals surface area contributed by atoms with Crippen LogP contribution >= 0.6 is 0 Å². The number of ether oxygens (including phenoxy) is 1. The predicted octanol–water partition coefficient (Wildman–Crippen LogP) is 3.09. The molecule has 3 aromatic rings. The van der Waals surface area contributed by atoms with Crippen LogP contribution in [0.25, 0.3) is 11.0 Å². The lowest BCUT2D eigenvalue weighted by atomic mass is 10.1. The summed E-state index contributed by atoms with van der Waals surface area (Å²) < 4.78 is 7.71. The van der Waals surface area contributed by atoms with Crippen LogP contribution in [-0.2, 0) is 6.54 Å². The summed E-state index contributed by atoms with van der Waals surface area (Å²) in [7, 11) is 0. The van der Waals surface area contributed by atoms with E-state index in [0.29, 0.717) is 6.54 Å². The van der Waals surface area contributed by atoms with Gasteiger partial charge in [0.2, 0.25) is 0 Å². The van der Waals surface area contributed by atoms with Crippen molar-refractivity contribution in [2.24, 2.45) is 0 Å². The Bertz CT molecular complexity index is 780. The number of aryl methyl sites for hydroxylation is 2. The molecule has 0 radical (unpaired) electrons. The van der Waals surface area contributed by atoms with Gasteiger partial charge < -0.3 is 14.4 Å². The standard InChI is InChI=1S/C18H20N2O2/c1-13-7-8-14(2)18(9-13)22-11-15(21)10-20-12-19-16-5-3-4-6-17(16)20/h3-9,12,15,21H,10-11H2,1-2H3/t15-/m1/s1. The Morgan fingerprint density at radius 1 is 1.18 bits per heavy atom. The van der Waals surface area contributed by atoms with Crippen LogP contribution in [0, 0.1) is 13.8 Å². The summed E-state index contributed by atoms with van der Waals surface area (Å²) in [6, 6.07) is 14.0. The summed E-state index contributed by atoms with van der Waals surface area (Å²) in [4.78, 5) is 4.33. The largest absolute Gasteiger partial charge is 0.491 e. The van der Waals surface area contributed by atoms with Crippen molar-refractivity contribution in [2.45, 2.75) is 26.5 Å². The fraction of sp³-hybridized carbons (Fsp3) is 0.278. The van der Waals surface area contributed by atoms with Gasteiger partial charge in [-0.05, 0) is 43.2 Å². The first-order chi connectivity index (χ1) is 10.6. The maximum Gasteiger partial charge on any atom is 0.122 e. The van der Waals surface area contributed by atoms with Crippen LogP contribution in [0.3, 0.4) is 0 Å². The summed E-state index contributed by atoms with van der Waals surface area (Å²) in [6.45, 7) is 4.76. The zero-order chi connectivity index (χ0) is 15.5. The number of hydrogen-bond donors (Lipinski definition) is 1. The van der Waals surface area contributed by atoms with Crippen LogP contribution in [0.4, 0.5) is 0 Å². The number of fused-ring (bicyclic) bond motifs is 1. The number of hydrogen-bond acceptors (Lipinski definition) is 3. The van der Waals surface area contributed by atoms with Gasteiger partial charge in [-0.1, -0.05) is 24.3 Å². The number of rotatable bonds is 5. The molecule has 1 N–H and O–H groups in total. The first kappa shape index (κ1) is 14.6. The van der Waals surface area contributed by atoms with Crippen molar-refractivity contribution in [2.75, 3.05) is 6.61 Å². The van der Waals surface area contributed by atoms with Crippen molar-refractivity contribution >= 4 is 11.0 Å². The van der Waals surface area contributed by atoms with E-state index < -0.39 is 6.10 Å². The van der Waals surface area contributed by atoms with Crippen LogP contribution in [0.2, 0.25) is 0 Å². The van der Waals surface area contributed by atoms with E-state index in [-0.39, 0.29) is 6.61 Å². The molecule has 0 bridgehead atoms. The molecular weight excluding hydrogens is 276 g/mol. The molecule has 1 heterocycles. The molecule has 3 rings (SSSR count). The zero-order valence-electron chi connectivity index (χ0n) is 12.9. The summed E-state index contributed by atoms with van der Waals surface area (Å²) in [6.07, 6.45) is 1.17. The van der Waals surface area contributed by atoms with Crippen LogP contribution < -0.4 is 4.74 Å². The van der Waals surface area contributed by atoms with Gasteiger partial charge in [-0.25, -0.2) is 4.98 Å². The van der Waals surface area contributed by atoms with Gasteiger partial charge in [0.15, 0.2) is 0 Å². The van der Waals surface area contributed by atoms with Gasteiger partial charge in [0.25, 0.3) is 0 Å². The first-order valence-corrected chi connectivity index (χ1v) is 7.41. The summed E-state index contributed by atoms with van der Waals surface area (Å²) in [5.74, 6) is 0.828. The molecule has 0 aliphatic rings. The van der Waals surface area contributed by atoms with Crippen molar-refractivity contribution in [3.63, 3.8) is 0 Å². The molecule has 1 atom stereocenters. The lowest BCUT2D eigenvalue weighted by Crippen LogP contribution is -2.23. The number of benzene rings is 2. The highest BCUT2D eigenvalue weighted by Gasteiger charge is 2.10. The second-order valence-electron chi connectivity index (χ2n) is 5.62. The number of imidazole rings is 1. The summed E-state index contributed by atoms with van der Waals surface area (Å²) in [5.41, 5.74) is 4.18. The third-order valence-corrected chi connectivity index (χ3v) is 3.71. The van der Waals surface area contributed by atoms with Gasteiger partial charge >= 0.3 is 0 Å². The van der Waals surface area contributed by atoms with Crippen LogP contribution in [0.15, 0.2) is 48.8 Å². The molecule has 4 nitrogen and oxygen atoms in total. The average Bonchev–Trinajstić information content (AvgIpc) is 2.91. The highest BCUT2D eigenvalue weighted by molar-refractivity contribution is 5.74. The Balaban J connectivity index is 1.65. The van der Waals surface area contributed by atoms with Gasteiger partial charge in [0.05, 0.1) is 23.9 Å². The second kappa shape index (κ2) is 6.20. The molecule has 0 spiro atoms. The summed E-state index contributed by atoms with van der Waals surface area (Å²) in [5, 5.41) is 10.2. The minimum Gasteiger partial charge on any atom is -0.491 e. The normalized spacial score (nSPS) is 12.5. The average molecular weight is 296 g/mol. The lowest BCUT2D eigenvalue weighted by Gasteiger charge is -2.15. The Hall–Kier alpha value is -2.33. The molecule has 0 aliphatic carbocycles. The number of aliphatic hydroxyl groups is 1. The number of para-hydroxylation sites is 2. The van der Waals surface area contributed by atoms with Crippen molar-refractivity contribution in [1.29, 1.82) is 0 Å². The zero-order valence-corrected chi connectivity index (χ0v) is 12.9. The van der Waals surface area contributed by atoms with E-state index in [0.717, 1.165) is 27.9 Å². The highest BCUT2D eigenvalue weighted by Crippen LogP contribution is 2.19. The van der Waals surface area contributed by atoms with E-state index in [1.807, 2.05) is 54.8 Å². The van der Waals surface area contributed by atoms with E-state index in [9.17, 15) is 5.11 Å². The topological polar surface area (TPSA) is 47.3 Å². The second-order valence-corrected chi connectivity index (χ2v) is 5.62. The fourth-order valence-electron chi connectivity index (χ4n) is 2.48. The van der Waals surface area contributed by atoms with Crippen molar-refractivity contribution in [1.82, 2.24) is 9.55 Å². The third kappa shape index (κ3) is 3.12. The number of nitrogens with zero attached hydrogens (tertiary/aromatic N) is 2. The molecule has 1 aromatic heterocycles. The van der Waals surface area contributed by atoms with Crippen molar-refractivity contribution in [3.8, 4) is 5.75 Å². The third-order valence-electron chi connectivity index (χ3n) is 3.71. The quantitative estimate of drug-likeness (QED) is 0.787. The molecular formula is C18H20N2O2. The molecule has 0 aliphatic heterocycles. The maximum atomic E-state index is 10.2. The number of aromatic nitrogens is 2. The highest BCUT2D eigenvalue weighted by atomic mass is 16.5. The first-order valence-electron chi connectivity index (χ1n) is 7.41. The maximum absolute atomic E-state index is 10.2. The Morgan fingerprint density at radius 3 is 2.86 bits per heavy atom. The van der Waals surface area contributed by atoms with Gasteiger partial charge in [-0.3, -0.25) is 0 Å². The Morgan fingerprint density at radius 2 is 2.00 bits per heavy atom. The summed E-state index contributed by atoms with van der Waals surface area (Å²) >= 11 is 0. The molecule has 0 saturated heterocycles. The van der Waals surface area contributed by atoms with Crippen LogP contribution in [-0.4, -0.2) is 27.4 Å². The monoisotopic (exact) mass is 296 g/mol. The van der Waals surface area contributed by atoms with Crippen LogP contribution in [0.5, 0.6) is 5.75 Å². The van der Waals surface area contributed by atoms with Crippen molar-refractivity contribution in [3.05, 3.63) is 59.9 Å². The van der Waals surface area contributed by atoms with Crippen LogP contribution in [0.1, 0.15) is 11.1 Å². The molecule has 0 amide bonds. The smallest absolute Gasteiger partial charge is 0.122 e. The molecule has 2 aromatic carbocycles. The van der Waals surface area contributed by atoms with E-state index >= 15 is 0 Å². The van der Waals surface area contributed by atoms with Gasteiger partial charge in [-0.2, -0.15) is 0 Å². The minimum atomic E-state index is -0.586.